The van der Waals surface area contributed by atoms with Crippen molar-refractivity contribution in [1.82, 2.24) is 31.1 Å². The monoisotopic (exact) mass is 780 g/mol. The Morgan fingerprint density at radius 3 is 1.71 bits per heavy atom. The maximum Gasteiger partial charge on any atom is 0.326 e. The third-order valence-corrected chi connectivity index (χ3v) is 10.0. The minimum absolute atomic E-state index is 0.0584. The van der Waals surface area contributed by atoms with Crippen LogP contribution in [0.15, 0.2) is 0 Å². The molecule has 2 saturated heterocycles. The zero-order valence-electron chi connectivity index (χ0n) is 33.2. The molecule has 2 heterocycles. The zero-order valence-corrected chi connectivity index (χ0v) is 33.2. The fourth-order valence-electron chi connectivity index (χ4n) is 6.93. The molecule has 18 nitrogen and oxygen atoms in total. The van der Waals surface area contributed by atoms with Gasteiger partial charge < -0.3 is 52.7 Å². The predicted octanol–water partition coefficient (Wildman–Crippen LogP) is -0.329. The summed E-state index contributed by atoms with van der Waals surface area (Å²) in [4.78, 5) is 107. The minimum Gasteiger partial charge on any atom is -0.481 e. The first-order valence-electron chi connectivity index (χ1n) is 19.5. The summed E-state index contributed by atoms with van der Waals surface area (Å²) in [6.45, 7) is 11.5. The SMILES string of the molecule is CC(C)C[C@H](NC(=O)[C@@H]1CCCN1C(=O)[C@@H](NC(=O)[C@@H]1CCCN1C(=O)[C@@H](N)CCC(=O)O)C(C)C)C(=O)N[C@H](C(=O)N[C@@H](CCCCN)C(=O)O)C(C)C. The molecule has 0 aliphatic carbocycles. The largest absolute Gasteiger partial charge is 0.481 e. The summed E-state index contributed by atoms with van der Waals surface area (Å²) in [6, 6.07) is -7.31. The molecule has 0 bridgehead atoms. The number of nitrogens with zero attached hydrogens (tertiary/aromatic N) is 2. The van der Waals surface area contributed by atoms with Crippen LogP contribution in [-0.2, 0) is 38.4 Å². The van der Waals surface area contributed by atoms with Gasteiger partial charge in [0.25, 0.3) is 0 Å². The van der Waals surface area contributed by atoms with E-state index in [0.717, 1.165) is 0 Å². The average molecular weight is 781 g/mol. The van der Waals surface area contributed by atoms with Crippen molar-refractivity contribution < 1.29 is 48.6 Å². The van der Waals surface area contributed by atoms with Gasteiger partial charge in [0.15, 0.2) is 0 Å². The van der Waals surface area contributed by atoms with E-state index in [4.69, 9.17) is 16.6 Å². The van der Waals surface area contributed by atoms with Crippen LogP contribution >= 0.6 is 0 Å². The van der Waals surface area contributed by atoms with E-state index in [0.29, 0.717) is 45.1 Å². The summed E-state index contributed by atoms with van der Waals surface area (Å²) >= 11 is 0. The van der Waals surface area contributed by atoms with E-state index in [9.17, 15) is 43.5 Å². The number of nitrogens with two attached hydrogens (primary N) is 2. The Morgan fingerprint density at radius 1 is 0.673 bits per heavy atom. The van der Waals surface area contributed by atoms with Crippen molar-refractivity contribution in [2.75, 3.05) is 19.6 Å². The van der Waals surface area contributed by atoms with Crippen LogP contribution in [0.25, 0.3) is 0 Å². The maximum absolute atomic E-state index is 14.0. The van der Waals surface area contributed by atoms with Gasteiger partial charge in [-0.3, -0.25) is 33.6 Å². The molecular weight excluding hydrogens is 716 g/mol. The third kappa shape index (κ3) is 14.0. The molecule has 0 radical (unpaired) electrons. The lowest BCUT2D eigenvalue weighted by atomic mass is 9.98. The lowest BCUT2D eigenvalue weighted by molar-refractivity contribution is -0.145. The first-order chi connectivity index (χ1) is 25.8. The molecule has 0 aromatic carbocycles. The van der Waals surface area contributed by atoms with E-state index < -0.39 is 102 Å². The number of carboxylic acids is 2. The second-order valence-corrected chi connectivity index (χ2v) is 15.8. The van der Waals surface area contributed by atoms with E-state index in [1.807, 2.05) is 13.8 Å². The van der Waals surface area contributed by atoms with Gasteiger partial charge in [0.1, 0.15) is 36.3 Å². The van der Waals surface area contributed by atoms with Crippen LogP contribution < -0.4 is 32.7 Å². The van der Waals surface area contributed by atoms with Crippen LogP contribution in [0.4, 0.5) is 0 Å². The molecule has 7 atom stereocenters. The van der Waals surface area contributed by atoms with Crippen molar-refractivity contribution in [3.63, 3.8) is 0 Å². The lowest BCUT2D eigenvalue weighted by Gasteiger charge is -2.33. The smallest absolute Gasteiger partial charge is 0.326 e. The molecule has 0 saturated carbocycles. The molecule has 2 aliphatic heterocycles. The average Bonchev–Trinajstić information content (AvgIpc) is 3.81. The molecule has 2 rings (SSSR count). The summed E-state index contributed by atoms with van der Waals surface area (Å²) in [6.07, 6.45) is 2.75. The van der Waals surface area contributed by atoms with E-state index >= 15 is 0 Å². The van der Waals surface area contributed by atoms with Gasteiger partial charge in [-0.1, -0.05) is 41.5 Å². The molecule has 55 heavy (non-hydrogen) atoms. The highest BCUT2D eigenvalue weighted by atomic mass is 16.4. The normalized spacial score (nSPS) is 19.8. The summed E-state index contributed by atoms with van der Waals surface area (Å²) in [5, 5.41) is 29.4. The molecular formula is C37H64N8O10. The number of nitrogens with one attached hydrogen (secondary N) is 4. The minimum atomic E-state index is -1.20. The third-order valence-electron chi connectivity index (χ3n) is 10.0. The molecule has 18 heteroatoms. The quantitative estimate of drug-likeness (QED) is 0.0656. The molecule has 0 unspecified atom stereocenters. The Hall–Kier alpha value is -4.32. The second kappa shape index (κ2) is 22.3. The number of unbranched alkanes of at least 4 members (excludes halogenated alkanes) is 1. The van der Waals surface area contributed by atoms with Gasteiger partial charge in [0.05, 0.1) is 6.04 Å². The Bertz CT molecular complexity index is 1370. The fraction of sp³-hybridized carbons (Fsp3) is 0.784. The van der Waals surface area contributed by atoms with Crippen LogP contribution in [0.1, 0.15) is 106 Å². The molecule has 0 spiro atoms. The molecule has 312 valence electrons. The number of aliphatic carboxylic acids is 2. The molecule has 10 N–H and O–H groups in total. The Kier molecular flexibility index (Phi) is 19.0. The topological polar surface area (TPSA) is 284 Å². The summed E-state index contributed by atoms with van der Waals surface area (Å²) < 4.78 is 0. The Balaban J connectivity index is 2.18. The van der Waals surface area contributed by atoms with Crippen molar-refractivity contribution in [2.45, 2.75) is 148 Å². The van der Waals surface area contributed by atoms with Gasteiger partial charge in [0, 0.05) is 19.5 Å². The number of amides is 6. The van der Waals surface area contributed by atoms with Crippen LogP contribution in [-0.4, -0.2) is 129 Å². The van der Waals surface area contributed by atoms with Crippen LogP contribution in [0, 0.1) is 17.8 Å². The van der Waals surface area contributed by atoms with E-state index in [2.05, 4.69) is 21.3 Å². The number of carboxylic acid groups (broad SMARTS) is 2. The van der Waals surface area contributed by atoms with Crippen LogP contribution in [0.3, 0.4) is 0 Å². The highest BCUT2D eigenvalue weighted by Crippen LogP contribution is 2.23. The van der Waals surface area contributed by atoms with Crippen molar-refractivity contribution in [2.24, 2.45) is 29.2 Å². The van der Waals surface area contributed by atoms with Gasteiger partial charge in [-0.25, -0.2) is 4.79 Å². The predicted molar refractivity (Wildman–Crippen MR) is 202 cm³/mol. The summed E-state index contributed by atoms with van der Waals surface area (Å²) in [5.74, 6) is -6.62. The summed E-state index contributed by atoms with van der Waals surface area (Å²) in [5.41, 5.74) is 11.5. The highest BCUT2D eigenvalue weighted by Gasteiger charge is 2.42. The van der Waals surface area contributed by atoms with E-state index in [-0.39, 0.29) is 44.7 Å². The van der Waals surface area contributed by atoms with Gasteiger partial charge in [-0.15, -0.1) is 0 Å². The number of hydrogen-bond acceptors (Lipinski definition) is 10. The Labute approximate surface area is 323 Å². The number of carbonyl (C=O) groups excluding carboxylic acids is 6. The van der Waals surface area contributed by atoms with Crippen molar-refractivity contribution >= 4 is 47.4 Å². The van der Waals surface area contributed by atoms with Gasteiger partial charge in [-0.2, -0.15) is 0 Å². The molecule has 0 aromatic heterocycles. The lowest BCUT2D eigenvalue weighted by Crippen LogP contribution is -2.60. The molecule has 6 amide bonds. The van der Waals surface area contributed by atoms with Crippen LogP contribution in [0.5, 0.6) is 0 Å². The fourth-order valence-corrected chi connectivity index (χ4v) is 6.93. The number of likely N-dealkylation sites (tertiary alicyclic amines) is 2. The van der Waals surface area contributed by atoms with Gasteiger partial charge in [0.2, 0.25) is 35.4 Å². The van der Waals surface area contributed by atoms with Gasteiger partial charge in [-0.05, 0) is 82.1 Å². The van der Waals surface area contributed by atoms with Crippen molar-refractivity contribution in [3.05, 3.63) is 0 Å². The van der Waals surface area contributed by atoms with E-state index in [1.165, 1.54) is 9.80 Å². The molecule has 2 fully saturated rings. The number of hydrogen-bond donors (Lipinski definition) is 8. The second-order valence-electron chi connectivity index (χ2n) is 15.8. The van der Waals surface area contributed by atoms with Crippen molar-refractivity contribution in [1.29, 1.82) is 0 Å². The first kappa shape index (κ1) is 46.8. The molecule has 2 aliphatic rings. The Morgan fingerprint density at radius 2 is 1.22 bits per heavy atom. The van der Waals surface area contributed by atoms with Crippen LogP contribution in [0.2, 0.25) is 0 Å². The van der Waals surface area contributed by atoms with E-state index in [1.54, 1.807) is 27.7 Å². The maximum atomic E-state index is 14.0. The molecule has 0 aromatic rings. The zero-order chi connectivity index (χ0) is 41.6. The standard InChI is InChI=1S/C37H64N8O10/c1-20(2)19-25(31(48)42-29(21(3)4)34(51)40-24(37(54)55)11-7-8-16-38)41-32(49)26-12-10-18-45(26)36(53)30(22(5)6)43-33(50)27-13-9-17-44(27)35(52)23(39)14-15-28(46)47/h20-27,29-30H,7-19,38-39H2,1-6H3,(H,40,51)(H,41,49)(H,42,48)(H,43,50)(H,46,47)(H,54,55)/t23-,24-,25-,26-,27-,29-,30-/m0/s1. The van der Waals surface area contributed by atoms with Gasteiger partial charge >= 0.3 is 11.9 Å². The highest BCUT2D eigenvalue weighted by molar-refractivity contribution is 5.97. The number of carbonyl (C=O) groups is 8. The number of rotatable bonds is 22. The van der Waals surface area contributed by atoms with Crippen molar-refractivity contribution in [3.8, 4) is 0 Å². The summed E-state index contributed by atoms with van der Waals surface area (Å²) in [7, 11) is 0. The first-order valence-corrected chi connectivity index (χ1v) is 19.5.